The van der Waals surface area contributed by atoms with Gasteiger partial charge >= 0.3 is 0 Å². The molecule has 1 aromatic rings. The smallest absolute Gasteiger partial charge is 0.213 e. The molecule has 0 atom stereocenters. The molecule has 0 unspecified atom stereocenters. The lowest BCUT2D eigenvalue weighted by atomic mass is 10.3. The fourth-order valence-electron chi connectivity index (χ4n) is 1.29. The van der Waals surface area contributed by atoms with E-state index in [2.05, 4.69) is 25.3 Å². The van der Waals surface area contributed by atoms with Crippen LogP contribution in [-0.4, -0.2) is 44.8 Å². The van der Waals surface area contributed by atoms with E-state index in [9.17, 15) is 8.42 Å². The summed E-state index contributed by atoms with van der Waals surface area (Å²) in [6, 6.07) is 0. The lowest BCUT2D eigenvalue weighted by molar-refractivity contribution is 0.588. The van der Waals surface area contributed by atoms with E-state index in [0.29, 0.717) is 12.4 Å². The van der Waals surface area contributed by atoms with E-state index in [1.165, 1.54) is 13.4 Å². The third-order valence-corrected chi connectivity index (χ3v) is 3.66. The van der Waals surface area contributed by atoms with E-state index in [-0.39, 0.29) is 5.75 Å². The highest BCUT2D eigenvalue weighted by molar-refractivity contribution is 7.89. The Bertz CT molecular complexity index is 474. The summed E-state index contributed by atoms with van der Waals surface area (Å²) in [7, 11) is -0.0280. The molecule has 0 radical (unpaired) electrons. The van der Waals surface area contributed by atoms with Crippen LogP contribution in [-0.2, 0) is 10.0 Å². The van der Waals surface area contributed by atoms with Gasteiger partial charge in [-0.1, -0.05) is 0 Å². The van der Waals surface area contributed by atoms with Crippen molar-refractivity contribution in [3.8, 4) is 0 Å². The number of anilines is 2. The van der Waals surface area contributed by atoms with Gasteiger partial charge in [-0.15, -0.1) is 0 Å². The Kier molecular flexibility index (Phi) is 4.64. The normalized spacial score (nSPS) is 11.2. The van der Waals surface area contributed by atoms with Crippen molar-refractivity contribution in [1.29, 1.82) is 0 Å². The number of nitrogens with zero attached hydrogens (tertiary/aromatic N) is 2. The third-order valence-electron chi connectivity index (χ3n) is 2.30. The molecule has 0 spiro atoms. The van der Waals surface area contributed by atoms with Crippen molar-refractivity contribution in [1.82, 2.24) is 14.7 Å². The molecule has 1 rings (SSSR count). The molecule has 3 N–H and O–H groups in total. The van der Waals surface area contributed by atoms with Gasteiger partial charge in [0.2, 0.25) is 10.0 Å². The van der Waals surface area contributed by atoms with Crippen LogP contribution < -0.4 is 15.4 Å². The van der Waals surface area contributed by atoms with E-state index in [1.807, 2.05) is 6.92 Å². The van der Waals surface area contributed by atoms with Crippen molar-refractivity contribution in [2.45, 2.75) is 6.92 Å². The van der Waals surface area contributed by atoms with E-state index >= 15 is 0 Å². The number of rotatable bonds is 6. The Morgan fingerprint density at radius 1 is 1.24 bits per heavy atom. The van der Waals surface area contributed by atoms with Crippen molar-refractivity contribution >= 4 is 21.7 Å². The first-order valence-corrected chi connectivity index (χ1v) is 6.80. The van der Waals surface area contributed by atoms with E-state index in [4.69, 9.17) is 0 Å². The molecule has 0 saturated heterocycles. The van der Waals surface area contributed by atoms with Crippen LogP contribution in [0.25, 0.3) is 0 Å². The molecule has 0 amide bonds. The lowest BCUT2D eigenvalue weighted by Gasteiger charge is -2.10. The molecule has 0 saturated carbocycles. The molecule has 0 aromatic carbocycles. The maximum atomic E-state index is 11.2. The molecule has 0 aliphatic rings. The van der Waals surface area contributed by atoms with Gasteiger partial charge in [0.05, 0.1) is 5.75 Å². The number of hydrogen-bond acceptors (Lipinski definition) is 6. The molecule has 8 heteroatoms. The highest BCUT2D eigenvalue weighted by atomic mass is 32.2. The minimum absolute atomic E-state index is 0.00182. The van der Waals surface area contributed by atoms with Crippen molar-refractivity contribution < 1.29 is 8.42 Å². The molecule has 1 aromatic heterocycles. The molecular formula is C9H17N5O2S. The lowest BCUT2D eigenvalue weighted by Crippen LogP contribution is -2.26. The fourth-order valence-corrected chi connectivity index (χ4v) is 1.86. The number of aromatic nitrogens is 2. The average molecular weight is 259 g/mol. The Balaban J connectivity index is 2.64. The van der Waals surface area contributed by atoms with Gasteiger partial charge in [-0.05, 0) is 14.0 Å². The van der Waals surface area contributed by atoms with Crippen LogP contribution in [0.3, 0.4) is 0 Å². The molecule has 0 aliphatic heterocycles. The predicted molar refractivity (Wildman–Crippen MR) is 67.7 cm³/mol. The molecule has 7 nitrogen and oxygen atoms in total. The van der Waals surface area contributed by atoms with Crippen LogP contribution in [0.5, 0.6) is 0 Å². The fraction of sp³-hybridized carbons (Fsp3) is 0.556. The SMILES string of the molecule is CNc1ncnc(NCCS(=O)(=O)NC)c1C. The van der Waals surface area contributed by atoms with Crippen LogP contribution in [0.2, 0.25) is 0 Å². The maximum Gasteiger partial charge on any atom is 0.213 e. The first kappa shape index (κ1) is 13.7. The summed E-state index contributed by atoms with van der Waals surface area (Å²) in [5.74, 6) is 1.36. The molecule has 0 aliphatic carbocycles. The van der Waals surface area contributed by atoms with Crippen LogP contribution in [0.4, 0.5) is 11.6 Å². The quantitative estimate of drug-likeness (QED) is 0.654. The summed E-state index contributed by atoms with van der Waals surface area (Å²) in [6.07, 6.45) is 1.42. The predicted octanol–water partition coefficient (Wildman–Crippen LogP) is -0.212. The van der Waals surface area contributed by atoms with Gasteiger partial charge in [0.25, 0.3) is 0 Å². The summed E-state index contributed by atoms with van der Waals surface area (Å²) in [4.78, 5) is 8.09. The zero-order valence-electron chi connectivity index (χ0n) is 10.1. The van der Waals surface area contributed by atoms with Gasteiger partial charge in [0, 0.05) is 19.2 Å². The van der Waals surface area contributed by atoms with E-state index in [0.717, 1.165) is 11.4 Å². The molecule has 1 heterocycles. The van der Waals surface area contributed by atoms with E-state index in [1.54, 1.807) is 7.05 Å². The summed E-state index contributed by atoms with van der Waals surface area (Å²) in [5, 5.41) is 5.90. The standard InChI is InChI=1S/C9H17N5O2S/c1-7-8(10-2)13-6-14-9(7)12-4-5-17(15,16)11-3/h6,11H,4-5H2,1-3H3,(H2,10,12,13,14). The van der Waals surface area contributed by atoms with Gasteiger partial charge in [0.15, 0.2) is 0 Å². The first-order chi connectivity index (χ1) is 8.00. The summed E-state index contributed by atoms with van der Waals surface area (Å²) >= 11 is 0. The molecular weight excluding hydrogens is 242 g/mol. The van der Waals surface area contributed by atoms with E-state index < -0.39 is 10.0 Å². The average Bonchev–Trinajstić information content (AvgIpc) is 2.31. The largest absolute Gasteiger partial charge is 0.373 e. The summed E-state index contributed by atoms with van der Waals surface area (Å²) in [6.45, 7) is 2.16. The molecule has 0 fully saturated rings. The second-order valence-electron chi connectivity index (χ2n) is 3.40. The topological polar surface area (TPSA) is 96.0 Å². The van der Waals surface area contributed by atoms with Gasteiger partial charge in [-0.2, -0.15) is 0 Å². The number of nitrogens with one attached hydrogen (secondary N) is 3. The highest BCUT2D eigenvalue weighted by Gasteiger charge is 2.08. The second-order valence-corrected chi connectivity index (χ2v) is 5.44. The Hall–Kier alpha value is -1.41. The van der Waals surface area contributed by atoms with Gasteiger partial charge in [-0.3, -0.25) is 0 Å². The molecule has 17 heavy (non-hydrogen) atoms. The van der Waals surface area contributed by atoms with Crippen molar-refractivity contribution in [2.24, 2.45) is 0 Å². The zero-order chi connectivity index (χ0) is 12.9. The van der Waals surface area contributed by atoms with Gasteiger partial charge in [0.1, 0.15) is 18.0 Å². The third kappa shape index (κ3) is 3.82. The zero-order valence-corrected chi connectivity index (χ0v) is 10.9. The van der Waals surface area contributed by atoms with Crippen molar-refractivity contribution in [2.75, 3.05) is 37.0 Å². The second kappa shape index (κ2) is 5.78. The Morgan fingerprint density at radius 2 is 1.88 bits per heavy atom. The van der Waals surface area contributed by atoms with Crippen LogP contribution >= 0.6 is 0 Å². The Morgan fingerprint density at radius 3 is 2.47 bits per heavy atom. The van der Waals surface area contributed by atoms with Crippen LogP contribution in [0.1, 0.15) is 5.56 Å². The van der Waals surface area contributed by atoms with Gasteiger partial charge < -0.3 is 10.6 Å². The number of sulfonamides is 1. The monoisotopic (exact) mass is 259 g/mol. The Labute approximate surface area is 101 Å². The van der Waals surface area contributed by atoms with Crippen molar-refractivity contribution in [3.05, 3.63) is 11.9 Å². The van der Waals surface area contributed by atoms with Crippen LogP contribution in [0, 0.1) is 6.92 Å². The molecule has 0 bridgehead atoms. The first-order valence-electron chi connectivity index (χ1n) is 5.14. The van der Waals surface area contributed by atoms with Crippen molar-refractivity contribution in [3.63, 3.8) is 0 Å². The summed E-state index contributed by atoms with van der Waals surface area (Å²) < 4.78 is 24.7. The number of hydrogen-bond donors (Lipinski definition) is 3. The highest BCUT2D eigenvalue weighted by Crippen LogP contribution is 2.16. The molecule has 96 valence electrons. The summed E-state index contributed by atoms with van der Waals surface area (Å²) in [5.41, 5.74) is 0.858. The minimum atomic E-state index is -3.19. The maximum absolute atomic E-state index is 11.2. The van der Waals surface area contributed by atoms with Gasteiger partial charge in [-0.25, -0.2) is 23.1 Å². The van der Waals surface area contributed by atoms with Crippen LogP contribution in [0.15, 0.2) is 6.33 Å². The minimum Gasteiger partial charge on any atom is -0.373 e.